The Morgan fingerprint density at radius 3 is 2.25 bits per heavy atom. The molecule has 6 heteroatoms. The van der Waals surface area contributed by atoms with Gasteiger partial charge in [0.1, 0.15) is 0 Å². The molecule has 20 heavy (non-hydrogen) atoms. The number of likely N-dealkylation sites (tertiary alicyclic amines) is 1. The first-order valence-electron chi connectivity index (χ1n) is 7.67. The van der Waals surface area contributed by atoms with Crippen LogP contribution in [0.15, 0.2) is 0 Å². The number of ether oxygens (including phenoxy) is 1. The van der Waals surface area contributed by atoms with E-state index >= 15 is 0 Å². The highest BCUT2D eigenvalue weighted by Gasteiger charge is 2.24. The molecule has 114 valence electrons. The minimum atomic E-state index is -0.197. The van der Waals surface area contributed by atoms with Crippen LogP contribution in [0.2, 0.25) is 0 Å². The molecule has 2 fully saturated rings. The Labute approximate surface area is 126 Å². The van der Waals surface area contributed by atoms with Crippen LogP contribution in [0.5, 0.6) is 0 Å². The highest BCUT2D eigenvalue weighted by molar-refractivity contribution is 7.80. The van der Waals surface area contributed by atoms with Crippen molar-refractivity contribution < 1.29 is 9.53 Å². The summed E-state index contributed by atoms with van der Waals surface area (Å²) in [6.45, 7) is 3.75. The summed E-state index contributed by atoms with van der Waals surface area (Å²) < 4.78 is 5.01. The molecule has 5 nitrogen and oxygen atoms in total. The second-order valence-corrected chi connectivity index (χ2v) is 5.97. The van der Waals surface area contributed by atoms with Crippen LogP contribution in [-0.2, 0) is 4.74 Å². The van der Waals surface area contributed by atoms with Gasteiger partial charge in [0.05, 0.1) is 6.61 Å². The molecule has 0 spiro atoms. The van der Waals surface area contributed by atoms with Gasteiger partial charge in [-0.25, -0.2) is 4.79 Å². The Kier molecular flexibility index (Phi) is 5.88. The van der Waals surface area contributed by atoms with Crippen molar-refractivity contribution in [3.05, 3.63) is 0 Å². The largest absolute Gasteiger partial charge is 0.450 e. The molecule has 1 amide bonds. The zero-order chi connectivity index (χ0) is 14.4. The zero-order valence-corrected chi connectivity index (χ0v) is 13.0. The molecule has 2 rings (SSSR count). The fourth-order valence-electron chi connectivity index (χ4n) is 2.90. The SMILES string of the molecule is CCOC(=O)N1CCC(NC(=S)NC2CCCC2)CC1. The first-order chi connectivity index (χ1) is 9.69. The van der Waals surface area contributed by atoms with Gasteiger partial charge in [0.15, 0.2) is 5.11 Å². The normalized spacial score (nSPS) is 20.8. The molecule has 1 saturated carbocycles. The number of carbonyl (C=O) groups is 1. The molecule has 1 aliphatic heterocycles. The van der Waals surface area contributed by atoms with Crippen molar-refractivity contribution in [1.82, 2.24) is 15.5 Å². The van der Waals surface area contributed by atoms with Crippen molar-refractivity contribution in [3.8, 4) is 0 Å². The molecule has 1 aliphatic carbocycles. The summed E-state index contributed by atoms with van der Waals surface area (Å²) in [5.74, 6) is 0. The molecule has 0 unspecified atom stereocenters. The van der Waals surface area contributed by atoms with Crippen LogP contribution in [0, 0.1) is 0 Å². The van der Waals surface area contributed by atoms with E-state index in [-0.39, 0.29) is 6.09 Å². The van der Waals surface area contributed by atoms with Crippen molar-refractivity contribution in [2.45, 2.75) is 57.5 Å². The van der Waals surface area contributed by atoms with Gasteiger partial charge in [-0.15, -0.1) is 0 Å². The van der Waals surface area contributed by atoms with Gasteiger partial charge in [-0.2, -0.15) is 0 Å². The van der Waals surface area contributed by atoms with Crippen LogP contribution in [0.1, 0.15) is 45.4 Å². The first-order valence-corrected chi connectivity index (χ1v) is 8.08. The van der Waals surface area contributed by atoms with Crippen LogP contribution in [-0.4, -0.2) is 47.9 Å². The average Bonchev–Trinajstić information content (AvgIpc) is 2.92. The maximum absolute atomic E-state index is 11.6. The van der Waals surface area contributed by atoms with Crippen molar-refractivity contribution in [3.63, 3.8) is 0 Å². The van der Waals surface area contributed by atoms with Crippen molar-refractivity contribution in [2.24, 2.45) is 0 Å². The van der Waals surface area contributed by atoms with Crippen molar-refractivity contribution in [2.75, 3.05) is 19.7 Å². The van der Waals surface area contributed by atoms with Crippen LogP contribution in [0.4, 0.5) is 4.79 Å². The zero-order valence-electron chi connectivity index (χ0n) is 12.2. The van der Waals surface area contributed by atoms with E-state index < -0.39 is 0 Å². The summed E-state index contributed by atoms with van der Waals surface area (Å²) in [5, 5.41) is 7.54. The van der Waals surface area contributed by atoms with Gasteiger partial charge in [0, 0.05) is 25.2 Å². The van der Waals surface area contributed by atoms with E-state index in [9.17, 15) is 4.79 Å². The summed E-state index contributed by atoms with van der Waals surface area (Å²) in [6.07, 6.45) is 6.71. The minimum Gasteiger partial charge on any atom is -0.450 e. The molecule has 0 radical (unpaired) electrons. The Hall–Kier alpha value is -1.04. The predicted octanol–water partition coefficient (Wildman–Crippen LogP) is 2.01. The van der Waals surface area contributed by atoms with E-state index in [0.717, 1.165) is 31.0 Å². The molecular formula is C14H25N3O2S. The number of hydrogen-bond acceptors (Lipinski definition) is 3. The number of thiocarbonyl (C=S) groups is 1. The smallest absolute Gasteiger partial charge is 0.409 e. The third kappa shape index (κ3) is 4.51. The molecule has 0 aromatic rings. The molecule has 2 aliphatic rings. The van der Waals surface area contributed by atoms with E-state index in [4.69, 9.17) is 17.0 Å². The summed E-state index contributed by atoms with van der Waals surface area (Å²) in [7, 11) is 0. The lowest BCUT2D eigenvalue weighted by Crippen LogP contribution is -2.50. The number of rotatable bonds is 3. The molecule has 2 N–H and O–H groups in total. The summed E-state index contributed by atoms with van der Waals surface area (Å²) in [5.41, 5.74) is 0. The Bertz CT molecular complexity index is 337. The van der Waals surface area contributed by atoms with E-state index in [0.29, 0.717) is 18.7 Å². The molecule has 1 saturated heterocycles. The Morgan fingerprint density at radius 1 is 1.15 bits per heavy atom. The lowest BCUT2D eigenvalue weighted by Gasteiger charge is -2.32. The maximum Gasteiger partial charge on any atom is 0.409 e. The van der Waals surface area contributed by atoms with Gasteiger partial charge in [0.2, 0.25) is 0 Å². The maximum atomic E-state index is 11.6. The number of hydrogen-bond donors (Lipinski definition) is 2. The van der Waals surface area contributed by atoms with E-state index in [1.165, 1.54) is 25.7 Å². The van der Waals surface area contributed by atoms with E-state index in [2.05, 4.69) is 10.6 Å². The van der Waals surface area contributed by atoms with Crippen LogP contribution < -0.4 is 10.6 Å². The number of nitrogens with zero attached hydrogens (tertiary/aromatic N) is 1. The van der Waals surface area contributed by atoms with Crippen LogP contribution >= 0.6 is 12.2 Å². The molecule has 1 heterocycles. The van der Waals surface area contributed by atoms with Gasteiger partial charge in [-0.1, -0.05) is 12.8 Å². The average molecular weight is 299 g/mol. The summed E-state index contributed by atoms with van der Waals surface area (Å²) >= 11 is 5.37. The molecule has 0 aromatic carbocycles. The highest BCUT2D eigenvalue weighted by atomic mass is 32.1. The van der Waals surface area contributed by atoms with E-state index in [1.54, 1.807) is 4.90 Å². The molecular weight excluding hydrogens is 274 g/mol. The van der Waals surface area contributed by atoms with Crippen molar-refractivity contribution in [1.29, 1.82) is 0 Å². The topological polar surface area (TPSA) is 53.6 Å². The number of amides is 1. The fourth-order valence-corrected chi connectivity index (χ4v) is 3.24. The second-order valence-electron chi connectivity index (χ2n) is 5.56. The lowest BCUT2D eigenvalue weighted by molar-refractivity contribution is 0.0963. The first kappa shape index (κ1) is 15.4. The highest BCUT2D eigenvalue weighted by Crippen LogP contribution is 2.17. The summed E-state index contributed by atoms with van der Waals surface area (Å²) in [4.78, 5) is 13.4. The number of piperidine rings is 1. The fraction of sp³-hybridized carbons (Fsp3) is 0.857. The van der Waals surface area contributed by atoms with Gasteiger partial charge in [-0.05, 0) is 44.8 Å². The standard InChI is InChI=1S/C14H25N3O2S/c1-2-19-14(18)17-9-7-12(8-10-17)16-13(20)15-11-5-3-4-6-11/h11-12H,2-10H2,1H3,(H2,15,16,20). The quantitative estimate of drug-likeness (QED) is 0.781. The minimum absolute atomic E-state index is 0.197. The third-order valence-electron chi connectivity index (χ3n) is 4.05. The van der Waals surface area contributed by atoms with Crippen LogP contribution in [0.3, 0.4) is 0 Å². The van der Waals surface area contributed by atoms with Crippen molar-refractivity contribution >= 4 is 23.4 Å². The number of nitrogens with one attached hydrogen (secondary N) is 2. The van der Waals surface area contributed by atoms with Crippen LogP contribution in [0.25, 0.3) is 0 Å². The monoisotopic (exact) mass is 299 g/mol. The Balaban J connectivity index is 1.65. The molecule has 0 atom stereocenters. The second kappa shape index (κ2) is 7.67. The Morgan fingerprint density at radius 2 is 1.70 bits per heavy atom. The molecule has 0 aromatic heterocycles. The number of carbonyl (C=O) groups excluding carboxylic acids is 1. The molecule has 0 bridgehead atoms. The van der Waals surface area contributed by atoms with Gasteiger partial charge in [0.25, 0.3) is 0 Å². The third-order valence-corrected chi connectivity index (χ3v) is 4.28. The van der Waals surface area contributed by atoms with Gasteiger partial charge in [-0.3, -0.25) is 0 Å². The van der Waals surface area contributed by atoms with E-state index in [1.807, 2.05) is 6.92 Å². The van der Waals surface area contributed by atoms with Gasteiger partial charge < -0.3 is 20.3 Å². The van der Waals surface area contributed by atoms with Gasteiger partial charge >= 0.3 is 6.09 Å². The summed E-state index contributed by atoms with van der Waals surface area (Å²) in [6, 6.07) is 0.914. The predicted molar refractivity (Wildman–Crippen MR) is 82.7 cm³/mol. The lowest BCUT2D eigenvalue weighted by atomic mass is 10.1.